The quantitative estimate of drug-likeness (QED) is 0.674. The predicted molar refractivity (Wildman–Crippen MR) is 104 cm³/mol. The topological polar surface area (TPSA) is 61.6 Å². The summed E-state index contributed by atoms with van der Waals surface area (Å²) >= 11 is 0. The highest BCUT2D eigenvalue weighted by atomic mass is 35.5. The minimum Gasteiger partial charge on any atom is -0.355 e. The van der Waals surface area contributed by atoms with Gasteiger partial charge in [-0.25, -0.2) is 0 Å². The zero-order valence-electron chi connectivity index (χ0n) is 14.2. The van der Waals surface area contributed by atoms with Crippen LogP contribution in [0.2, 0.25) is 0 Å². The Morgan fingerprint density at radius 2 is 1.62 bits per heavy atom. The summed E-state index contributed by atoms with van der Waals surface area (Å²) in [5.41, 5.74) is 6.79. The molecule has 0 aliphatic carbocycles. The number of nitrogens with one attached hydrogen (secondary N) is 1. The highest BCUT2D eigenvalue weighted by Crippen LogP contribution is 2.08. The Kier molecular flexibility index (Phi) is 13.0. The summed E-state index contributed by atoms with van der Waals surface area (Å²) in [7, 11) is 0. The van der Waals surface area contributed by atoms with Crippen LogP contribution in [0.25, 0.3) is 0 Å². The molecule has 1 aliphatic heterocycles. The van der Waals surface area contributed by atoms with Crippen molar-refractivity contribution in [2.45, 2.75) is 19.4 Å². The molecule has 138 valence electrons. The second-order valence-electron chi connectivity index (χ2n) is 5.88. The zero-order chi connectivity index (χ0) is 15.6. The third kappa shape index (κ3) is 8.85. The number of carbonyl (C=O) groups excluding carboxylic acids is 1. The number of hydrogen-bond acceptors (Lipinski definition) is 4. The van der Waals surface area contributed by atoms with Gasteiger partial charge in [0.05, 0.1) is 6.54 Å². The van der Waals surface area contributed by atoms with Gasteiger partial charge in [0.15, 0.2) is 0 Å². The van der Waals surface area contributed by atoms with E-state index in [2.05, 4.69) is 39.4 Å². The second kappa shape index (κ2) is 13.4. The van der Waals surface area contributed by atoms with Gasteiger partial charge in [-0.3, -0.25) is 14.6 Å². The summed E-state index contributed by atoms with van der Waals surface area (Å²) in [6.45, 7) is 6.92. The number of unbranched alkanes of at least 4 members (excludes halogenated alkanes) is 1. The van der Waals surface area contributed by atoms with Crippen molar-refractivity contribution in [3.05, 3.63) is 35.9 Å². The Balaban J connectivity index is 0.00000264. The average Bonchev–Trinajstić information content (AvgIpc) is 2.54. The van der Waals surface area contributed by atoms with Gasteiger partial charge < -0.3 is 11.1 Å². The van der Waals surface area contributed by atoms with Crippen molar-refractivity contribution in [2.75, 3.05) is 45.8 Å². The Hall–Kier alpha value is -0.850. The van der Waals surface area contributed by atoms with E-state index in [0.29, 0.717) is 13.1 Å². The largest absolute Gasteiger partial charge is 0.355 e. The van der Waals surface area contributed by atoms with E-state index in [-0.39, 0.29) is 30.7 Å². The number of benzene rings is 1. The van der Waals surface area contributed by atoms with Crippen molar-refractivity contribution >= 4 is 30.7 Å². The Bertz CT molecular complexity index is 439. The highest BCUT2D eigenvalue weighted by Gasteiger charge is 2.18. The maximum Gasteiger partial charge on any atom is 0.234 e. The molecular weight excluding hydrogens is 347 g/mol. The number of amides is 1. The predicted octanol–water partition coefficient (Wildman–Crippen LogP) is 1.50. The van der Waals surface area contributed by atoms with Crippen molar-refractivity contribution in [1.29, 1.82) is 0 Å². The van der Waals surface area contributed by atoms with Crippen LogP contribution in [0.15, 0.2) is 30.3 Å². The standard InChI is InChI=1S/C17H28N4O.2ClH/c18-8-4-5-9-19-17(22)15-21-12-10-20(11-13-21)14-16-6-2-1-3-7-16;;/h1-3,6-7H,4-5,8-15,18H2,(H,19,22);2*1H. The van der Waals surface area contributed by atoms with E-state index in [1.54, 1.807) is 0 Å². The number of nitrogens with zero attached hydrogens (tertiary/aromatic N) is 2. The molecule has 0 atom stereocenters. The summed E-state index contributed by atoms with van der Waals surface area (Å²) in [5, 5.41) is 2.97. The first kappa shape index (κ1) is 23.1. The second-order valence-corrected chi connectivity index (χ2v) is 5.88. The van der Waals surface area contributed by atoms with Crippen molar-refractivity contribution in [1.82, 2.24) is 15.1 Å². The van der Waals surface area contributed by atoms with Crippen LogP contribution >= 0.6 is 24.8 Å². The lowest BCUT2D eigenvalue weighted by molar-refractivity contribution is -0.122. The van der Waals surface area contributed by atoms with Gasteiger partial charge in [0.1, 0.15) is 0 Å². The molecule has 0 spiro atoms. The Morgan fingerprint density at radius 1 is 1.00 bits per heavy atom. The molecule has 1 aromatic rings. The first-order chi connectivity index (χ1) is 10.8. The molecule has 5 nitrogen and oxygen atoms in total. The monoisotopic (exact) mass is 376 g/mol. The van der Waals surface area contributed by atoms with Gasteiger partial charge in [-0.05, 0) is 24.9 Å². The van der Waals surface area contributed by atoms with Crippen LogP contribution in [-0.4, -0.2) is 61.5 Å². The third-order valence-corrected chi connectivity index (χ3v) is 4.03. The normalized spacial score (nSPS) is 15.2. The third-order valence-electron chi connectivity index (χ3n) is 4.03. The first-order valence-electron chi connectivity index (χ1n) is 8.23. The van der Waals surface area contributed by atoms with Crippen LogP contribution in [0.3, 0.4) is 0 Å². The van der Waals surface area contributed by atoms with E-state index in [1.807, 2.05) is 6.07 Å². The van der Waals surface area contributed by atoms with Crippen LogP contribution in [0.5, 0.6) is 0 Å². The summed E-state index contributed by atoms with van der Waals surface area (Å²) in [6, 6.07) is 10.6. The fraction of sp³-hybridized carbons (Fsp3) is 0.588. The lowest BCUT2D eigenvalue weighted by Gasteiger charge is -2.34. The summed E-state index contributed by atoms with van der Waals surface area (Å²) in [5.74, 6) is 0.133. The summed E-state index contributed by atoms with van der Waals surface area (Å²) in [4.78, 5) is 16.5. The average molecular weight is 377 g/mol. The molecule has 1 heterocycles. The van der Waals surface area contributed by atoms with Gasteiger partial charge in [0, 0.05) is 39.3 Å². The minimum absolute atomic E-state index is 0. The fourth-order valence-corrected chi connectivity index (χ4v) is 2.70. The lowest BCUT2D eigenvalue weighted by Crippen LogP contribution is -2.49. The Morgan fingerprint density at radius 3 is 2.25 bits per heavy atom. The van der Waals surface area contributed by atoms with Gasteiger partial charge in [-0.15, -0.1) is 24.8 Å². The van der Waals surface area contributed by atoms with Crippen LogP contribution in [0.1, 0.15) is 18.4 Å². The van der Waals surface area contributed by atoms with Gasteiger partial charge in [0.25, 0.3) is 0 Å². The molecule has 1 saturated heterocycles. The molecule has 24 heavy (non-hydrogen) atoms. The smallest absolute Gasteiger partial charge is 0.234 e. The van der Waals surface area contributed by atoms with Crippen molar-refractivity contribution < 1.29 is 4.79 Å². The fourth-order valence-electron chi connectivity index (χ4n) is 2.70. The number of halogens is 2. The van der Waals surface area contributed by atoms with Crippen LogP contribution in [0.4, 0.5) is 0 Å². The molecule has 0 unspecified atom stereocenters. The van der Waals surface area contributed by atoms with E-state index in [9.17, 15) is 4.79 Å². The summed E-state index contributed by atoms with van der Waals surface area (Å²) < 4.78 is 0. The maximum absolute atomic E-state index is 11.8. The molecule has 0 aromatic heterocycles. The molecule has 3 N–H and O–H groups in total. The van der Waals surface area contributed by atoms with Crippen molar-refractivity contribution in [3.8, 4) is 0 Å². The van der Waals surface area contributed by atoms with Crippen LogP contribution in [-0.2, 0) is 11.3 Å². The molecule has 0 radical (unpaired) electrons. The lowest BCUT2D eigenvalue weighted by atomic mass is 10.2. The number of nitrogens with two attached hydrogens (primary N) is 1. The summed E-state index contributed by atoms with van der Waals surface area (Å²) in [6.07, 6.45) is 1.94. The molecule has 1 amide bonds. The van der Waals surface area contributed by atoms with E-state index in [1.165, 1.54) is 5.56 Å². The number of hydrogen-bond donors (Lipinski definition) is 2. The number of carbonyl (C=O) groups is 1. The molecule has 1 aromatic carbocycles. The molecule has 0 bridgehead atoms. The van der Waals surface area contributed by atoms with E-state index < -0.39 is 0 Å². The maximum atomic E-state index is 11.8. The van der Waals surface area contributed by atoms with Gasteiger partial charge >= 0.3 is 0 Å². The van der Waals surface area contributed by atoms with Gasteiger partial charge in [0.2, 0.25) is 5.91 Å². The van der Waals surface area contributed by atoms with Crippen LogP contribution < -0.4 is 11.1 Å². The molecule has 1 fully saturated rings. The van der Waals surface area contributed by atoms with E-state index in [0.717, 1.165) is 52.1 Å². The van der Waals surface area contributed by atoms with Crippen LogP contribution in [0, 0.1) is 0 Å². The SMILES string of the molecule is Cl.Cl.NCCCCNC(=O)CN1CCN(Cc2ccccc2)CC1. The molecule has 0 saturated carbocycles. The molecule has 2 rings (SSSR count). The van der Waals surface area contributed by atoms with Gasteiger partial charge in [-0.1, -0.05) is 30.3 Å². The van der Waals surface area contributed by atoms with Crippen molar-refractivity contribution in [3.63, 3.8) is 0 Å². The van der Waals surface area contributed by atoms with Gasteiger partial charge in [-0.2, -0.15) is 0 Å². The molecular formula is C17H30Cl2N4O. The zero-order valence-corrected chi connectivity index (χ0v) is 15.8. The number of piperazine rings is 1. The van der Waals surface area contributed by atoms with E-state index in [4.69, 9.17) is 5.73 Å². The number of rotatable bonds is 8. The minimum atomic E-state index is 0. The molecule has 7 heteroatoms. The first-order valence-corrected chi connectivity index (χ1v) is 8.23. The van der Waals surface area contributed by atoms with Crippen molar-refractivity contribution in [2.24, 2.45) is 5.73 Å². The highest BCUT2D eigenvalue weighted by molar-refractivity contribution is 5.85. The van der Waals surface area contributed by atoms with E-state index >= 15 is 0 Å². The molecule has 1 aliphatic rings. The Labute approximate surface area is 157 Å².